The molecule has 2 fully saturated rings. The monoisotopic (exact) mass is 1430 g/mol. The number of nitrogens with zero attached hydrogens (tertiary/aromatic N) is 12. The molecule has 2 amide bonds. The zero-order valence-electron chi connectivity index (χ0n) is 61.3. The van der Waals surface area contributed by atoms with Crippen LogP contribution in [0, 0.1) is 31.1 Å². The average Bonchev–Trinajstić information content (AvgIpc) is 1.25. The lowest BCUT2D eigenvalue weighted by Crippen LogP contribution is -2.44. The van der Waals surface area contributed by atoms with Gasteiger partial charge in [0.25, 0.3) is 19.9 Å². The van der Waals surface area contributed by atoms with Gasteiger partial charge in [0.1, 0.15) is 36.3 Å². The lowest BCUT2D eigenvalue weighted by atomic mass is 9.84. The second-order valence-corrected chi connectivity index (χ2v) is 31.3. The first kappa shape index (κ1) is 84.3. The van der Waals surface area contributed by atoms with E-state index >= 15 is 0 Å². The highest BCUT2D eigenvalue weighted by atomic mass is 32.2. The highest BCUT2D eigenvalue weighted by Crippen LogP contribution is 2.59. The Bertz CT molecular complexity index is 3400. The minimum absolute atomic E-state index is 0.00157. The van der Waals surface area contributed by atoms with Gasteiger partial charge >= 0.3 is 11.4 Å². The molecular formula is C66H107N15O14P2S. The van der Waals surface area contributed by atoms with E-state index in [9.17, 15) is 44.5 Å². The van der Waals surface area contributed by atoms with Crippen molar-refractivity contribution >= 4 is 63.6 Å². The number of carbonyl (C=O) groups excluding carboxylic acids is 2. The number of nitro groups is 2. The highest BCUT2D eigenvalue weighted by Gasteiger charge is 2.45. The van der Waals surface area contributed by atoms with Gasteiger partial charge in [-0.15, -0.1) is 10.2 Å². The molecular weight excluding hydrogens is 1320 g/mol. The number of nitrogens with one attached hydrogen (secondary N) is 3. The van der Waals surface area contributed by atoms with Gasteiger partial charge < -0.3 is 38.8 Å². The van der Waals surface area contributed by atoms with Crippen LogP contribution in [0.4, 0.5) is 23.0 Å². The van der Waals surface area contributed by atoms with Gasteiger partial charge in [0.05, 0.1) is 45.4 Å². The van der Waals surface area contributed by atoms with Crippen LogP contribution in [0.2, 0.25) is 0 Å². The van der Waals surface area contributed by atoms with Crippen LogP contribution in [0.25, 0.3) is 0 Å². The third-order valence-electron chi connectivity index (χ3n) is 15.4. The Labute approximate surface area is 583 Å². The number of hydrogen-bond acceptors (Lipinski definition) is 23. The quantitative estimate of drug-likeness (QED) is 0.0173. The number of hydrogen-bond donors (Lipinski definition) is 4. The number of benzene rings is 2. The number of aromatic nitrogens is 8. The van der Waals surface area contributed by atoms with Crippen molar-refractivity contribution in [1.29, 1.82) is 0 Å². The predicted molar refractivity (Wildman–Crippen MR) is 383 cm³/mol. The van der Waals surface area contributed by atoms with E-state index in [-0.39, 0.29) is 98.5 Å². The van der Waals surface area contributed by atoms with E-state index in [1.807, 2.05) is 53.0 Å². The molecule has 0 radical (unpaired) electrons. The van der Waals surface area contributed by atoms with Crippen LogP contribution < -0.4 is 22.0 Å². The van der Waals surface area contributed by atoms with Gasteiger partial charge in [0.15, 0.2) is 8.45 Å². The summed E-state index contributed by atoms with van der Waals surface area (Å²) in [5.74, 6) is -0.229. The van der Waals surface area contributed by atoms with E-state index < -0.39 is 70.6 Å². The Balaban J connectivity index is 0.000000315. The highest BCUT2D eigenvalue weighted by molar-refractivity contribution is 7.98. The van der Waals surface area contributed by atoms with Crippen LogP contribution in [-0.4, -0.2) is 147 Å². The Kier molecular flexibility index (Phi) is 33.2. The number of amides is 2. The summed E-state index contributed by atoms with van der Waals surface area (Å²) >= 11 is 1.46. The molecule has 5 aromatic rings. The second kappa shape index (κ2) is 38.6. The first-order valence-electron chi connectivity index (χ1n) is 33.2. The molecule has 546 valence electrons. The molecule has 4 N–H and O–H groups in total. The molecule has 32 heteroatoms. The minimum atomic E-state index is -1.74. The Morgan fingerprint density at radius 1 is 0.663 bits per heavy atom. The summed E-state index contributed by atoms with van der Waals surface area (Å²) in [7, 11) is -2.90. The molecule has 98 heavy (non-hydrogen) atoms. The van der Waals surface area contributed by atoms with Gasteiger partial charge in [0, 0.05) is 87.5 Å². The molecule has 5 unspecified atom stereocenters. The average molecular weight is 1430 g/mol. The van der Waals surface area contributed by atoms with E-state index in [1.54, 1.807) is 42.6 Å². The van der Waals surface area contributed by atoms with E-state index in [0.29, 0.717) is 42.0 Å². The maximum atomic E-state index is 12.8. The normalized spacial score (nSPS) is 19.0. The van der Waals surface area contributed by atoms with Gasteiger partial charge in [-0.05, 0) is 142 Å². The number of anilines is 2. The molecule has 2 aromatic carbocycles. The number of nitro benzene ring substituents is 2. The lowest BCUT2D eigenvalue weighted by Gasteiger charge is -2.48. The van der Waals surface area contributed by atoms with Gasteiger partial charge in [-0.2, -0.15) is 15.2 Å². The van der Waals surface area contributed by atoms with Crippen molar-refractivity contribution in [2.45, 2.75) is 268 Å². The Morgan fingerprint density at radius 2 is 1.06 bits per heavy atom. The molecule has 0 spiro atoms. The van der Waals surface area contributed by atoms with Crippen LogP contribution in [-0.2, 0) is 32.6 Å². The molecule has 0 saturated carbocycles. The SMILES string of the molecule is CC(C)N(C(C)C)P(OC(c1ccccc1[N+](=O)[O-])C(C)(C)C)N(C(C)C)C(C)C.CC[C@H]1O[C@@H](n2ccc(NC(C)=O)nc2=O)CC1O.CC[C@H]1O[C@@H](n2ccc(NC(C)=O)nc2=O)CC1OP(OC(c1ccccc1[N+](=O)[O-])C(C)(C)C)N(C(C)C)C(C)C.CSc1nn[nH]n1. The molecule has 0 bridgehead atoms. The maximum Gasteiger partial charge on any atom is 0.351 e. The van der Waals surface area contributed by atoms with Crippen LogP contribution >= 0.6 is 28.7 Å². The van der Waals surface area contributed by atoms with Crippen molar-refractivity contribution in [2.75, 3.05) is 16.9 Å². The lowest BCUT2D eigenvalue weighted by molar-refractivity contribution is -0.386. The third-order valence-corrected chi connectivity index (χ3v) is 21.1. The fraction of sp³-hybridized carbons (Fsp3) is 0.652. The first-order valence-corrected chi connectivity index (χ1v) is 36.7. The molecule has 0 aliphatic carbocycles. The Hall–Kier alpha value is -6.14. The van der Waals surface area contributed by atoms with Crippen molar-refractivity contribution in [1.82, 2.24) is 53.7 Å². The van der Waals surface area contributed by atoms with Crippen molar-refractivity contribution in [2.24, 2.45) is 10.8 Å². The standard InChI is InChI=1S/C29H44N5O7P.C23H42N3O3P.C12H17N3O4.C2H4N4S/c1-10-23-24(17-26(39-23)32-16-15-25(30-20(6)35)31-28(32)36)40-42(33(18(2)3)19(4)5)41-27(29(7,8)9)21-13-11-12-14-22(21)34(37)38;1-16(2)24(17(3)4)30(25(18(5)6)19(7)8)29-22(23(9,10)11)20-14-12-13-15-21(20)26(27)28;1-3-9-8(17)6-11(19-9)15-5-4-10(13-7(2)16)14-12(15)18;1-7-2-3-5-6-4-2/h11-16,18-19,23-24,26-27H,10,17H2,1-9H3,(H,30,31,35,36);12-19,22H,1-11H3;4-5,8-9,11,17H,3,6H2,1-2H3,(H,13,14,16,18);1H3,(H,3,4,5,6)/t23-,24?,26-,27?,42?;;8?,9-,11-;/m1.1./s1. The van der Waals surface area contributed by atoms with Crippen LogP contribution in [0.3, 0.4) is 0 Å². The summed E-state index contributed by atoms with van der Waals surface area (Å²) in [5.41, 5.74) is -0.622. The molecule has 5 heterocycles. The Morgan fingerprint density at radius 3 is 1.39 bits per heavy atom. The van der Waals surface area contributed by atoms with Crippen molar-refractivity contribution in [3.63, 3.8) is 0 Å². The van der Waals surface area contributed by atoms with Crippen LogP contribution in [0.5, 0.6) is 0 Å². The third kappa shape index (κ3) is 24.3. The van der Waals surface area contributed by atoms with Crippen molar-refractivity contribution < 1.29 is 47.6 Å². The fourth-order valence-corrected chi connectivity index (χ4v) is 16.3. The fourth-order valence-electron chi connectivity index (χ4n) is 11.3. The molecule has 3 aromatic heterocycles. The number of para-hydroxylation sites is 2. The maximum absolute atomic E-state index is 12.8. The number of ether oxygens (including phenoxy) is 2. The zero-order chi connectivity index (χ0) is 73.8. The first-order chi connectivity index (χ1) is 45.8. The van der Waals surface area contributed by atoms with Crippen molar-refractivity contribution in [3.05, 3.63) is 125 Å². The van der Waals surface area contributed by atoms with E-state index in [2.05, 4.69) is 159 Å². The van der Waals surface area contributed by atoms with Gasteiger partial charge in [0.2, 0.25) is 17.0 Å². The van der Waals surface area contributed by atoms with E-state index in [0.717, 1.165) is 0 Å². The van der Waals surface area contributed by atoms with Crippen LogP contribution in [0.15, 0.2) is 87.8 Å². The molecule has 29 nitrogen and oxygen atoms in total. The summed E-state index contributed by atoms with van der Waals surface area (Å²) in [5, 5.41) is 52.1. The number of aromatic amines is 1. The predicted octanol–water partition coefficient (Wildman–Crippen LogP) is 13.7. The molecule has 2 aliphatic rings. The van der Waals surface area contributed by atoms with E-state index in [1.165, 1.54) is 53.1 Å². The second-order valence-electron chi connectivity index (χ2n) is 27.6. The number of aliphatic hydroxyl groups is 1. The molecule has 9 atom stereocenters. The van der Waals surface area contributed by atoms with Gasteiger partial charge in [-0.1, -0.05) is 91.4 Å². The number of aliphatic hydroxyl groups excluding tert-OH is 1. The smallest absolute Gasteiger partial charge is 0.351 e. The van der Waals surface area contributed by atoms with Crippen molar-refractivity contribution in [3.8, 4) is 0 Å². The summed E-state index contributed by atoms with van der Waals surface area (Å²) in [6, 6.07) is 18.0. The number of H-pyrrole nitrogens is 1. The summed E-state index contributed by atoms with van der Waals surface area (Å²) in [4.78, 5) is 77.7. The zero-order valence-corrected chi connectivity index (χ0v) is 63.9. The van der Waals surface area contributed by atoms with Crippen LogP contribution in [0.1, 0.15) is 214 Å². The summed E-state index contributed by atoms with van der Waals surface area (Å²) in [6.45, 7) is 44.6. The van der Waals surface area contributed by atoms with E-state index in [4.69, 9.17) is 23.0 Å². The topological polar surface area (TPSA) is 345 Å². The van der Waals surface area contributed by atoms with Gasteiger partial charge in [-0.3, -0.25) is 39.0 Å². The number of rotatable bonds is 26. The number of thioether (sulfide) groups is 1. The number of tetrazole rings is 1. The molecule has 2 aliphatic heterocycles. The van der Waals surface area contributed by atoms with Gasteiger partial charge in [-0.25, -0.2) is 23.6 Å². The minimum Gasteiger partial charge on any atom is -0.390 e. The largest absolute Gasteiger partial charge is 0.390 e. The molecule has 7 rings (SSSR count). The summed E-state index contributed by atoms with van der Waals surface area (Å²) < 4.78 is 42.2. The number of carbonyl (C=O) groups is 2. The molecule has 2 saturated heterocycles. The summed E-state index contributed by atoms with van der Waals surface area (Å²) in [6.07, 6.45) is 3.25.